The second kappa shape index (κ2) is 10.7. The Morgan fingerprint density at radius 3 is 2.43 bits per heavy atom. The SMILES string of the molecule is CN(Cc1cnc(-c2ccc(C(N)=O)c(F)c2)cn1)C1CCN(C(=O)c2ccc(Cl)c(Cl)c2)CC1. The lowest BCUT2D eigenvalue weighted by molar-refractivity contribution is 0.0638. The smallest absolute Gasteiger partial charge is 0.253 e. The van der Waals surface area contributed by atoms with Crippen molar-refractivity contribution in [3.63, 3.8) is 0 Å². The molecule has 1 aromatic heterocycles. The second-order valence-electron chi connectivity index (χ2n) is 8.52. The normalized spacial score (nSPS) is 14.4. The minimum atomic E-state index is -0.817. The second-order valence-corrected chi connectivity index (χ2v) is 9.33. The van der Waals surface area contributed by atoms with E-state index in [-0.39, 0.29) is 11.5 Å². The molecule has 2 aromatic carbocycles. The van der Waals surface area contributed by atoms with E-state index in [4.69, 9.17) is 28.9 Å². The number of hydrogen-bond acceptors (Lipinski definition) is 5. The van der Waals surface area contributed by atoms with Crippen molar-refractivity contribution in [3.8, 4) is 11.3 Å². The predicted octanol–water partition coefficient (Wildman–Crippen LogP) is 4.43. The largest absolute Gasteiger partial charge is 0.366 e. The van der Waals surface area contributed by atoms with Gasteiger partial charge in [0.2, 0.25) is 0 Å². The van der Waals surface area contributed by atoms with Crippen LogP contribution in [0.5, 0.6) is 0 Å². The van der Waals surface area contributed by atoms with Crippen LogP contribution in [-0.2, 0) is 6.54 Å². The van der Waals surface area contributed by atoms with Gasteiger partial charge in [-0.25, -0.2) is 4.39 Å². The van der Waals surface area contributed by atoms with Gasteiger partial charge in [0.25, 0.3) is 11.8 Å². The molecule has 2 amide bonds. The number of rotatable bonds is 6. The highest BCUT2D eigenvalue weighted by Gasteiger charge is 2.26. The summed E-state index contributed by atoms with van der Waals surface area (Å²) in [5.41, 5.74) is 7.31. The minimum absolute atomic E-state index is 0.0496. The third-order valence-corrected chi connectivity index (χ3v) is 6.93. The first-order valence-corrected chi connectivity index (χ1v) is 11.8. The van der Waals surface area contributed by atoms with Gasteiger partial charge >= 0.3 is 0 Å². The minimum Gasteiger partial charge on any atom is -0.366 e. The summed E-state index contributed by atoms with van der Waals surface area (Å²) in [6.45, 7) is 1.88. The molecule has 7 nitrogen and oxygen atoms in total. The van der Waals surface area contributed by atoms with Gasteiger partial charge in [-0.15, -0.1) is 0 Å². The van der Waals surface area contributed by atoms with Crippen molar-refractivity contribution in [2.45, 2.75) is 25.4 Å². The van der Waals surface area contributed by atoms with E-state index in [0.29, 0.717) is 52.5 Å². The number of hydrogen-bond donors (Lipinski definition) is 1. The van der Waals surface area contributed by atoms with Crippen LogP contribution in [0.3, 0.4) is 0 Å². The molecule has 35 heavy (non-hydrogen) atoms. The fraction of sp³-hybridized carbons (Fsp3) is 0.280. The molecule has 2 heterocycles. The molecule has 10 heteroatoms. The molecular weight excluding hydrogens is 492 g/mol. The van der Waals surface area contributed by atoms with Crippen molar-refractivity contribution in [3.05, 3.63) is 81.5 Å². The molecule has 1 aliphatic rings. The van der Waals surface area contributed by atoms with Gasteiger partial charge in [-0.2, -0.15) is 0 Å². The zero-order valence-corrected chi connectivity index (χ0v) is 20.6. The predicted molar refractivity (Wildman–Crippen MR) is 133 cm³/mol. The number of likely N-dealkylation sites (tertiary alicyclic amines) is 1. The van der Waals surface area contributed by atoms with Gasteiger partial charge in [0.15, 0.2) is 0 Å². The van der Waals surface area contributed by atoms with E-state index in [1.54, 1.807) is 36.7 Å². The highest BCUT2D eigenvalue weighted by atomic mass is 35.5. The average molecular weight is 516 g/mol. The maximum atomic E-state index is 14.1. The third-order valence-electron chi connectivity index (χ3n) is 6.19. The number of amides is 2. The number of nitrogens with two attached hydrogens (primary N) is 1. The summed E-state index contributed by atoms with van der Waals surface area (Å²) in [5, 5.41) is 0.792. The molecule has 0 saturated carbocycles. The number of halogens is 3. The zero-order chi connectivity index (χ0) is 25.1. The Balaban J connectivity index is 1.33. The van der Waals surface area contributed by atoms with Crippen molar-refractivity contribution in [1.29, 1.82) is 0 Å². The Kier molecular flexibility index (Phi) is 7.64. The number of piperidine rings is 1. The van der Waals surface area contributed by atoms with Gasteiger partial charge in [0.1, 0.15) is 5.82 Å². The van der Waals surface area contributed by atoms with Crippen molar-refractivity contribution >= 4 is 35.0 Å². The van der Waals surface area contributed by atoms with Gasteiger partial charge in [0, 0.05) is 36.8 Å². The van der Waals surface area contributed by atoms with E-state index in [1.165, 1.54) is 12.1 Å². The first-order chi connectivity index (χ1) is 16.7. The Hall–Kier alpha value is -3.07. The standard InChI is InChI=1S/C25H24Cl2FN5O2/c1-32(18-6-8-33(9-7-18)25(35)16-3-5-20(26)21(27)10-16)14-17-12-31-23(13-30-17)15-2-4-19(24(29)34)22(28)11-15/h2-5,10-13,18H,6-9,14H2,1H3,(H2,29,34). The van der Waals surface area contributed by atoms with Crippen molar-refractivity contribution in [2.24, 2.45) is 5.73 Å². The third kappa shape index (κ3) is 5.78. The van der Waals surface area contributed by atoms with E-state index in [1.807, 2.05) is 11.9 Å². The van der Waals surface area contributed by atoms with Gasteiger partial charge in [0.05, 0.1) is 39.4 Å². The van der Waals surface area contributed by atoms with Gasteiger partial charge in [-0.05, 0) is 50.2 Å². The number of aromatic nitrogens is 2. The van der Waals surface area contributed by atoms with Gasteiger partial charge in [-0.3, -0.25) is 24.5 Å². The molecule has 1 fully saturated rings. The Morgan fingerprint density at radius 1 is 1.09 bits per heavy atom. The van der Waals surface area contributed by atoms with Crippen LogP contribution in [0.25, 0.3) is 11.3 Å². The Morgan fingerprint density at radius 2 is 1.83 bits per heavy atom. The highest BCUT2D eigenvalue weighted by molar-refractivity contribution is 6.42. The number of nitrogens with zero attached hydrogens (tertiary/aromatic N) is 4. The summed E-state index contributed by atoms with van der Waals surface area (Å²) in [4.78, 5) is 36.9. The molecule has 0 aliphatic carbocycles. The molecule has 0 spiro atoms. The number of carbonyl (C=O) groups excluding carboxylic acids is 2. The quantitative estimate of drug-likeness (QED) is 0.524. The van der Waals surface area contributed by atoms with E-state index < -0.39 is 11.7 Å². The summed E-state index contributed by atoms with van der Waals surface area (Å²) in [6.07, 6.45) is 4.91. The summed E-state index contributed by atoms with van der Waals surface area (Å²) in [6, 6.07) is 9.38. The van der Waals surface area contributed by atoms with E-state index in [0.717, 1.165) is 18.5 Å². The van der Waals surface area contributed by atoms with Crippen molar-refractivity contribution in [2.75, 3.05) is 20.1 Å². The Labute approximate surface area is 212 Å². The van der Waals surface area contributed by atoms with E-state index in [9.17, 15) is 14.0 Å². The lowest BCUT2D eigenvalue weighted by atomic mass is 10.0. The molecule has 0 radical (unpaired) electrons. The molecular formula is C25H24Cl2FN5O2. The monoisotopic (exact) mass is 515 g/mol. The van der Waals surface area contributed by atoms with Crippen LogP contribution in [0.4, 0.5) is 4.39 Å². The average Bonchev–Trinajstić information content (AvgIpc) is 2.85. The van der Waals surface area contributed by atoms with E-state index >= 15 is 0 Å². The first-order valence-electron chi connectivity index (χ1n) is 11.1. The van der Waals surface area contributed by atoms with Crippen molar-refractivity contribution in [1.82, 2.24) is 19.8 Å². The molecule has 4 rings (SSSR count). The summed E-state index contributed by atoms with van der Waals surface area (Å²) >= 11 is 12.0. The van der Waals surface area contributed by atoms with Crippen LogP contribution in [0.1, 0.15) is 39.3 Å². The van der Waals surface area contributed by atoms with Gasteiger partial charge < -0.3 is 10.6 Å². The maximum Gasteiger partial charge on any atom is 0.253 e. The summed E-state index contributed by atoms with van der Waals surface area (Å²) in [5.74, 6) is -1.56. The van der Waals surface area contributed by atoms with Crippen LogP contribution in [-0.4, -0.2) is 57.8 Å². The van der Waals surface area contributed by atoms with E-state index in [2.05, 4.69) is 14.9 Å². The van der Waals surface area contributed by atoms with Crippen LogP contribution in [0.2, 0.25) is 10.0 Å². The van der Waals surface area contributed by atoms with Gasteiger partial charge in [-0.1, -0.05) is 29.3 Å². The number of carbonyl (C=O) groups is 2. The summed E-state index contributed by atoms with van der Waals surface area (Å²) < 4.78 is 14.1. The van der Waals surface area contributed by atoms with Crippen LogP contribution in [0, 0.1) is 5.82 Å². The molecule has 3 aromatic rings. The molecule has 182 valence electrons. The maximum absolute atomic E-state index is 14.1. The first kappa shape index (κ1) is 25.0. The molecule has 1 saturated heterocycles. The molecule has 2 N–H and O–H groups in total. The molecule has 0 unspecified atom stereocenters. The van der Waals surface area contributed by atoms with Crippen LogP contribution in [0.15, 0.2) is 48.8 Å². The van der Waals surface area contributed by atoms with Crippen molar-refractivity contribution < 1.29 is 14.0 Å². The fourth-order valence-electron chi connectivity index (χ4n) is 4.17. The fourth-order valence-corrected chi connectivity index (χ4v) is 4.46. The Bertz CT molecular complexity index is 1250. The van der Waals surface area contributed by atoms with Crippen LogP contribution < -0.4 is 5.73 Å². The highest BCUT2D eigenvalue weighted by Crippen LogP contribution is 2.25. The molecule has 0 atom stereocenters. The molecule has 1 aliphatic heterocycles. The van der Waals surface area contributed by atoms with Crippen LogP contribution >= 0.6 is 23.2 Å². The molecule has 0 bridgehead atoms. The lowest BCUT2D eigenvalue weighted by Gasteiger charge is -2.36. The zero-order valence-electron chi connectivity index (χ0n) is 19.0. The number of primary amides is 1. The summed E-state index contributed by atoms with van der Waals surface area (Å²) in [7, 11) is 2.02. The topological polar surface area (TPSA) is 92.4 Å². The number of benzene rings is 2. The lowest BCUT2D eigenvalue weighted by Crippen LogP contribution is -2.45.